The Balaban J connectivity index is 2.29. The van der Waals surface area contributed by atoms with Crippen LogP contribution in [0.25, 0.3) is 0 Å². The van der Waals surface area contributed by atoms with Gasteiger partial charge in [-0.3, -0.25) is 0 Å². The summed E-state index contributed by atoms with van der Waals surface area (Å²) in [6.07, 6.45) is 1.14. The van der Waals surface area contributed by atoms with E-state index in [4.69, 9.17) is 21.4 Å². The summed E-state index contributed by atoms with van der Waals surface area (Å²) in [5, 5.41) is 8.91. The average molecular weight is 283 g/mol. The molecule has 1 aromatic carbocycles. The van der Waals surface area contributed by atoms with Gasteiger partial charge in [-0.2, -0.15) is 4.98 Å². The highest BCUT2D eigenvalue weighted by Gasteiger charge is 2.12. The second-order valence-electron chi connectivity index (χ2n) is 3.63. The Bertz CT molecular complexity index is 649. The number of aryl methyl sites for hydroxylation is 1. The van der Waals surface area contributed by atoms with Gasteiger partial charge in [-0.1, -0.05) is 11.6 Å². The van der Waals surface area contributed by atoms with Crippen LogP contribution in [0.4, 0.5) is 4.39 Å². The second-order valence-corrected chi connectivity index (χ2v) is 4.04. The van der Waals surface area contributed by atoms with Crippen LogP contribution in [0.2, 0.25) is 5.02 Å². The number of ether oxygens (including phenoxy) is 1. The van der Waals surface area contributed by atoms with E-state index in [-0.39, 0.29) is 28.0 Å². The Kier molecular flexibility index (Phi) is 3.62. The fourth-order valence-electron chi connectivity index (χ4n) is 1.36. The number of aromatic nitrogens is 2. The third-order valence-electron chi connectivity index (χ3n) is 2.28. The molecule has 2 aromatic rings. The summed E-state index contributed by atoms with van der Waals surface area (Å²) in [4.78, 5) is 18.4. The van der Waals surface area contributed by atoms with Gasteiger partial charge >= 0.3 is 12.0 Å². The lowest BCUT2D eigenvalue weighted by molar-refractivity contribution is 0.0695. The minimum Gasteiger partial charge on any atom is -0.478 e. The minimum atomic E-state index is -1.12. The molecule has 0 aliphatic heterocycles. The number of carboxylic acids is 1. The fraction of sp³-hybridized carbons (Fsp3) is 0.0833. The maximum absolute atomic E-state index is 12.9. The first kappa shape index (κ1) is 13.2. The van der Waals surface area contributed by atoms with Gasteiger partial charge in [0.15, 0.2) is 0 Å². The molecule has 1 N–H and O–H groups in total. The van der Waals surface area contributed by atoms with Crippen molar-refractivity contribution in [2.75, 3.05) is 0 Å². The molecule has 1 heterocycles. The standard InChI is InChI=1S/C12H8ClFN2O3/c1-6-8(11(17)18)5-15-12(16-6)19-10-3-2-7(14)4-9(10)13/h2-5H,1H3,(H,17,18). The Morgan fingerprint density at radius 1 is 1.47 bits per heavy atom. The summed E-state index contributed by atoms with van der Waals surface area (Å²) in [6, 6.07) is 3.55. The van der Waals surface area contributed by atoms with Crippen LogP contribution >= 0.6 is 11.6 Å². The number of benzene rings is 1. The normalized spacial score (nSPS) is 10.3. The van der Waals surface area contributed by atoms with Crippen LogP contribution < -0.4 is 4.74 Å². The van der Waals surface area contributed by atoms with Crippen LogP contribution in [0.3, 0.4) is 0 Å². The zero-order valence-electron chi connectivity index (χ0n) is 9.72. The lowest BCUT2D eigenvalue weighted by Gasteiger charge is -2.07. The molecule has 19 heavy (non-hydrogen) atoms. The SMILES string of the molecule is Cc1nc(Oc2ccc(F)cc2Cl)ncc1C(=O)O. The molecule has 2 rings (SSSR count). The second kappa shape index (κ2) is 5.19. The van der Waals surface area contributed by atoms with Crippen molar-refractivity contribution in [3.8, 4) is 11.8 Å². The van der Waals surface area contributed by atoms with Crippen LogP contribution in [0.5, 0.6) is 11.8 Å². The zero-order valence-corrected chi connectivity index (χ0v) is 10.5. The first-order chi connectivity index (χ1) is 8.97. The summed E-state index contributed by atoms with van der Waals surface area (Å²) in [6.45, 7) is 1.52. The number of carboxylic acid groups (broad SMARTS) is 1. The average Bonchev–Trinajstić information content (AvgIpc) is 2.32. The third-order valence-corrected chi connectivity index (χ3v) is 2.58. The number of aromatic carboxylic acids is 1. The molecule has 1 aromatic heterocycles. The predicted octanol–water partition coefficient (Wildman–Crippen LogP) is 3.07. The van der Waals surface area contributed by atoms with Gasteiger partial charge < -0.3 is 9.84 Å². The summed E-state index contributed by atoms with van der Waals surface area (Å²) in [5.41, 5.74) is 0.244. The molecule has 0 fully saturated rings. The van der Waals surface area contributed by atoms with E-state index >= 15 is 0 Å². The Morgan fingerprint density at radius 2 is 2.21 bits per heavy atom. The van der Waals surface area contributed by atoms with Crippen molar-refractivity contribution in [3.63, 3.8) is 0 Å². The Labute approximate surface area is 112 Å². The van der Waals surface area contributed by atoms with E-state index in [0.29, 0.717) is 0 Å². The van der Waals surface area contributed by atoms with Gasteiger partial charge in [-0.05, 0) is 25.1 Å². The molecule has 0 atom stereocenters. The molecule has 0 amide bonds. The number of halogens is 2. The van der Waals surface area contributed by atoms with Crippen molar-refractivity contribution in [2.24, 2.45) is 0 Å². The number of hydrogen-bond donors (Lipinski definition) is 1. The highest BCUT2D eigenvalue weighted by atomic mass is 35.5. The molecule has 0 spiro atoms. The summed E-state index contributed by atoms with van der Waals surface area (Å²) in [5.74, 6) is -1.43. The first-order valence-corrected chi connectivity index (χ1v) is 5.55. The molecule has 5 nitrogen and oxygen atoms in total. The van der Waals surface area contributed by atoms with Crippen LogP contribution in [0, 0.1) is 12.7 Å². The summed E-state index contributed by atoms with van der Waals surface area (Å²) in [7, 11) is 0. The van der Waals surface area contributed by atoms with Gasteiger partial charge in [0, 0.05) is 6.20 Å². The molecule has 0 unspecified atom stereocenters. The highest BCUT2D eigenvalue weighted by molar-refractivity contribution is 6.32. The largest absolute Gasteiger partial charge is 0.478 e. The number of hydrogen-bond acceptors (Lipinski definition) is 4. The first-order valence-electron chi connectivity index (χ1n) is 5.17. The molecule has 0 aliphatic rings. The topological polar surface area (TPSA) is 72.3 Å². The molecule has 0 saturated carbocycles. The smallest absolute Gasteiger partial charge is 0.339 e. The van der Waals surface area contributed by atoms with E-state index in [1.54, 1.807) is 0 Å². The molecule has 0 bridgehead atoms. The number of nitrogens with zero attached hydrogens (tertiary/aromatic N) is 2. The zero-order chi connectivity index (χ0) is 14.0. The molecule has 0 aliphatic carbocycles. The minimum absolute atomic E-state index is 0.0162. The van der Waals surface area contributed by atoms with Gasteiger partial charge in [0.1, 0.15) is 11.6 Å². The molecule has 7 heteroatoms. The van der Waals surface area contributed by atoms with Crippen molar-refractivity contribution >= 4 is 17.6 Å². The Morgan fingerprint density at radius 3 is 2.79 bits per heavy atom. The molecule has 98 valence electrons. The maximum Gasteiger partial charge on any atom is 0.339 e. The van der Waals surface area contributed by atoms with Crippen molar-refractivity contribution in [1.82, 2.24) is 9.97 Å². The van der Waals surface area contributed by atoms with Crippen molar-refractivity contribution in [2.45, 2.75) is 6.92 Å². The van der Waals surface area contributed by atoms with E-state index < -0.39 is 11.8 Å². The molecule has 0 radical (unpaired) electrons. The summed E-state index contributed by atoms with van der Waals surface area (Å²) >= 11 is 5.79. The van der Waals surface area contributed by atoms with E-state index in [1.165, 1.54) is 19.1 Å². The van der Waals surface area contributed by atoms with Crippen LogP contribution in [0.15, 0.2) is 24.4 Å². The quantitative estimate of drug-likeness (QED) is 0.936. The third kappa shape index (κ3) is 2.97. The monoisotopic (exact) mass is 282 g/mol. The van der Waals surface area contributed by atoms with E-state index in [1.807, 2.05) is 0 Å². The van der Waals surface area contributed by atoms with Crippen LogP contribution in [-0.4, -0.2) is 21.0 Å². The van der Waals surface area contributed by atoms with Gasteiger partial charge in [-0.15, -0.1) is 0 Å². The fourth-order valence-corrected chi connectivity index (χ4v) is 1.57. The molecular weight excluding hydrogens is 275 g/mol. The maximum atomic E-state index is 12.9. The predicted molar refractivity (Wildman–Crippen MR) is 65.2 cm³/mol. The summed E-state index contributed by atoms with van der Waals surface area (Å²) < 4.78 is 18.1. The van der Waals surface area contributed by atoms with Gasteiger partial charge in [0.2, 0.25) is 0 Å². The lowest BCUT2D eigenvalue weighted by Crippen LogP contribution is -2.04. The van der Waals surface area contributed by atoms with Crippen LogP contribution in [0.1, 0.15) is 16.1 Å². The molecule has 0 saturated heterocycles. The Hall–Kier alpha value is -2.21. The lowest BCUT2D eigenvalue weighted by atomic mass is 10.2. The van der Waals surface area contributed by atoms with Crippen molar-refractivity contribution < 1.29 is 19.0 Å². The van der Waals surface area contributed by atoms with Crippen molar-refractivity contribution in [1.29, 1.82) is 0 Å². The van der Waals surface area contributed by atoms with Crippen molar-refractivity contribution in [3.05, 3.63) is 46.5 Å². The number of rotatable bonds is 3. The van der Waals surface area contributed by atoms with Gasteiger partial charge in [0.25, 0.3) is 0 Å². The number of carbonyl (C=O) groups is 1. The van der Waals surface area contributed by atoms with Gasteiger partial charge in [-0.25, -0.2) is 14.2 Å². The van der Waals surface area contributed by atoms with Crippen LogP contribution in [-0.2, 0) is 0 Å². The van der Waals surface area contributed by atoms with E-state index in [0.717, 1.165) is 12.3 Å². The highest BCUT2D eigenvalue weighted by Crippen LogP contribution is 2.28. The molecular formula is C12H8ClFN2O3. The van der Waals surface area contributed by atoms with E-state index in [9.17, 15) is 9.18 Å². The van der Waals surface area contributed by atoms with Gasteiger partial charge in [0.05, 0.1) is 16.3 Å². The van der Waals surface area contributed by atoms with E-state index in [2.05, 4.69) is 9.97 Å².